The number of hydrogen-bond donors (Lipinski definition) is 2. The van der Waals surface area contributed by atoms with E-state index in [9.17, 15) is 9.59 Å². The second kappa shape index (κ2) is 9.49. The van der Waals surface area contributed by atoms with Gasteiger partial charge in [-0.2, -0.15) is 0 Å². The van der Waals surface area contributed by atoms with E-state index in [1.807, 2.05) is 25.1 Å². The first-order chi connectivity index (χ1) is 14.0. The first-order valence-corrected chi connectivity index (χ1v) is 9.97. The van der Waals surface area contributed by atoms with Gasteiger partial charge in [0.1, 0.15) is 6.04 Å². The van der Waals surface area contributed by atoms with E-state index in [2.05, 4.69) is 10.6 Å². The summed E-state index contributed by atoms with van der Waals surface area (Å²) in [4.78, 5) is 24.5. The molecule has 2 unspecified atom stereocenters. The Morgan fingerprint density at radius 1 is 1.10 bits per heavy atom. The third-order valence-corrected chi connectivity index (χ3v) is 5.13. The summed E-state index contributed by atoms with van der Waals surface area (Å²) in [7, 11) is 1.61. The number of ether oxygens (including phenoxy) is 2. The molecule has 0 bridgehead atoms. The molecule has 156 valence electrons. The molecule has 0 saturated heterocycles. The third kappa shape index (κ3) is 5.31. The van der Waals surface area contributed by atoms with Crippen LogP contribution in [0.1, 0.15) is 61.7 Å². The van der Waals surface area contributed by atoms with Crippen LogP contribution in [0, 0.1) is 0 Å². The van der Waals surface area contributed by atoms with Crippen molar-refractivity contribution >= 4 is 11.8 Å². The van der Waals surface area contributed by atoms with Crippen LogP contribution in [0.3, 0.4) is 0 Å². The van der Waals surface area contributed by atoms with Crippen LogP contribution in [-0.4, -0.2) is 31.1 Å². The van der Waals surface area contributed by atoms with Crippen molar-refractivity contribution < 1.29 is 23.5 Å². The third-order valence-electron chi connectivity index (χ3n) is 5.13. The Balaban J connectivity index is 1.59. The van der Waals surface area contributed by atoms with Crippen molar-refractivity contribution in [2.24, 2.45) is 0 Å². The summed E-state index contributed by atoms with van der Waals surface area (Å²) in [5.74, 6) is 0.818. The van der Waals surface area contributed by atoms with E-state index in [0.29, 0.717) is 5.75 Å². The predicted molar refractivity (Wildman–Crippen MR) is 108 cm³/mol. The van der Waals surface area contributed by atoms with Gasteiger partial charge in [0, 0.05) is 0 Å². The van der Waals surface area contributed by atoms with Crippen LogP contribution in [0.4, 0.5) is 0 Å². The van der Waals surface area contributed by atoms with Crippen molar-refractivity contribution in [2.45, 2.75) is 57.7 Å². The first-order valence-electron chi connectivity index (χ1n) is 9.97. The van der Waals surface area contributed by atoms with Gasteiger partial charge in [0.05, 0.1) is 25.5 Å². The molecule has 29 heavy (non-hydrogen) atoms. The van der Waals surface area contributed by atoms with Gasteiger partial charge in [-0.1, -0.05) is 6.07 Å². The first kappa shape index (κ1) is 20.8. The Morgan fingerprint density at radius 2 is 1.86 bits per heavy atom. The minimum atomic E-state index is -0.707. The number of carbonyl (C=O) groups excluding carboxylic acids is 2. The number of rotatable bonds is 8. The lowest BCUT2D eigenvalue weighted by atomic mass is 10.1. The maximum Gasteiger partial charge on any atom is 0.287 e. The highest BCUT2D eigenvalue weighted by atomic mass is 16.5. The molecule has 3 rings (SSSR count). The monoisotopic (exact) mass is 400 g/mol. The fourth-order valence-corrected chi connectivity index (χ4v) is 3.40. The molecule has 2 N–H and O–H groups in total. The maximum absolute atomic E-state index is 12.5. The molecule has 2 amide bonds. The van der Waals surface area contributed by atoms with Gasteiger partial charge in [-0.25, -0.2) is 0 Å². The van der Waals surface area contributed by atoms with Crippen molar-refractivity contribution in [3.05, 3.63) is 47.9 Å². The normalized spacial score (nSPS) is 16.1. The molecular formula is C22H28N2O5. The summed E-state index contributed by atoms with van der Waals surface area (Å²) in [5, 5.41) is 5.53. The molecule has 1 aromatic heterocycles. The summed E-state index contributed by atoms with van der Waals surface area (Å²) in [5.41, 5.74) is 0.888. The van der Waals surface area contributed by atoms with E-state index in [-0.39, 0.29) is 23.8 Å². The zero-order valence-corrected chi connectivity index (χ0v) is 17.1. The molecule has 1 aliphatic rings. The Morgan fingerprint density at radius 3 is 2.52 bits per heavy atom. The molecule has 1 aromatic carbocycles. The van der Waals surface area contributed by atoms with E-state index in [1.54, 1.807) is 26.2 Å². The molecule has 7 heteroatoms. The number of nitrogens with one attached hydrogen (secondary N) is 2. The topological polar surface area (TPSA) is 89.8 Å². The highest BCUT2D eigenvalue weighted by Crippen LogP contribution is 2.33. The molecule has 7 nitrogen and oxygen atoms in total. The molecule has 2 atom stereocenters. The van der Waals surface area contributed by atoms with E-state index in [1.165, 1.54) is 19.1 Å². The zero-order chi connectivity index (χ0) is 20.8. The highest BCUT2D eigenvalue weighted by Gasteiger charge is 2.22. The largest absolute Gasteiger partial charge is 0.493 e. The van der Waals surface area contributed by atoms with Crippen LogP contribution >= 0.6 is 0 Å². The Labute approximate surface area is 170 Å². The standard InChI is InChI=1S/C22H28N2O5/c1-14(23-21(25)15(2)24-22(26)19-9-6-12-28-19)16-10-11-18(20(13-16)27-3)29-17-7-4-5-8-17/h6,9-15,17H,4-5,7-8H2,1-3H3,(H,23,25)(H,24,26). The Kier molecular flexibility index (Phi) is 6.80. The number of amides is 2. The molecular weight excluding hydrogens is 372 g/mol. The molecule has 0 radical (unpaired) electrons. The van der Waals surface area contributed by atoms with E-state index in [4.69, 9.17) is 13.9 Å². The molecule has 0 aliphatic heterocycles. The van der Waals surface area contributed by atoms with Gasteiger partial charge in [-0.15, -0.1) is 0 Å². The number of furan rings is 1. The summed E-state index contributed by atoms with van der Waals surface area (Å²) in [6.07, 6.45) is 6.18. The highest BCUT2D eigenvalue weighted by molar-refractivity contribution is 5.95. The molecule has 1 saturated carbocycles. The quantitative estimate of drug-likeness (QED) is 0.707. The minimum absolute atomic E-state index is 0.167. The zero-order valence-electron chi connectivity index (χ0n) is 17.1. The van der Waals surface area contributed by atoms with Crippen molar-refractivity contribution in [1.29, 1.82) is 0 Å². The summed E-state index contributed by atoms with van der Waals surface area (Å²) in [6.45, 7) is 3.51. The Hall–Kier alpha value is -2.96. The van der Waals surface area contributed by atoms with E-state index in [0.717, 1.165) is 24.2 Å². The lowest BCUT2D eigenvalue weighted by Gasteiger charge is -2.21. The molecule has 1 heterocycles. The van der Waals surface area contributed by atoms with Gasteiger partial charge < -0.3 is 24.5 Å². The van der Waals surface area contributed by atoms with Gasteiger partial charge in [0.25, 0.3) is 5.91 Å². The second-order valence-electron chi connectivity index (χ2n) is 7.34. The summed E-state index contributed by atoms with van der Waals surface area (Å²) < 4.78 is 16.6. The Bertz CT molecular complexity index is 828. The van der Waals surface area contributed by atoms with Crippen molar-refractivity contribution in [1.82, 2.24) is 10.6 Å². The van der Waals surface area contributed by atoms with Crippen molar-refractivity contribution in [3.8, 4) is 11.5 Å². The number of carbonyl (C=O) groups is 2. The summed E-state index contributed by atoms with van der Waals surface area (Å²) >= 11 is 0. The van der Waals surface area contributed by atoms with Gasteiger partial charge in [-0.05, 0) is 69.4 Å². The van der Waals surface area contributed by atoms with Crippen LogP contribution in [-0.2, 0) is 4.79 Å². The van der Waals surface area contributed by atoms with Gasteiger partial charge >= 0.3 is 0 Å². The van der Waals surface area contributed by atoms with Crippen molar-refractivity contribution in [2.75, 3.05) is 7.11 Å². The molecule has 1 fully saturated rings. The minimum Gasteiger partial charge on any atom is -0.493 e. The summed E-state index contributed by atoms with van der Waals surface area (Å²) in [6, 6.07) is 7.88. The SMILES string of the molecule is COc1cc(C(C)NC(=O)C(C)NC(=O)c2ccco2)ccc1OC1CCCC1. The predicted octanol–water partition coefficient (Wildman–Crippen LogP) is 3.61. The smallest absolute Gasteiger partial charge is 0.287 e. The average molecular weight is 400 g/mol. The van der Waals surface area contributed by atoms with E-state index < -0.39 is 11.9 Å². The van der Waals surface area contributed by atoms with Crippen LogP contribution in [0.5, 0.6) is 11.5 Å². The van der Waals surface area contributed by atoms with E-state index >= 15 is 0 Å². The van der Waals surface area contributed by atoms with Crippen LogP contribution < -0.4 is 20.1 Å². The molecule has 1 aliphatic carbocycles. The fraction of sp³-hybridized carbons (Fsp3) is 0.455. The number of methoxy groups -OCH3 is 1. The lowest BCUT2D eigenvalue weighted by molar-refractivity contribution is -0.123. The molecule has 0 spiro atoms. The maximum atomic E-state index is 12.5. The van der Waals surface area contributed by atoms with Crippen molar-refractivity contribution in [3.63, 3.8) is 0 Å². The van der Waals surface area contributed by atoms with Crippen LogP contribution in [0.25, 0.3) is 0 Å². The molecule has 2 aromatic rings. The van der Waals surface area contributed by atoms with Gasteiger partial charge in [0.15, 0.2) is 17.3 Å². The van der Waals surface area contributed by atoms with Gasteiger partial charge in [-0.3, -0.25) is 9.59 Å². The fourth-order valence-electron chi connectivity index (χ4n) is 3.40. The average Bonchev–Trinajstić information content (AvgIpc) is 3.42. The van der Waals surface area contributed by atoms with Gasteiger partial charge in [0.2, 0.25) is 5.91 Å². The second-order valence-corrected chi connectivity index (χ2v) is 7.34. The van der Waals surface area contributed by atoms with Crippen LogP contribution in [0.2, 0.25) is 0 Å². The van der Waals surface area contributed by atoms with Crippen LogP contribution in [0.15, 0.2) is 41.0 Å². The number of benzene rings is 1. The lowest BCUT2D eigenvalue weighted by Crippen LogP contribution is -2.45. The number of hydrogen-bond acceptors (Lipinski definition) is 5.